The Bertz CT molecular complexity index is 135. The quantitative estimate of drug-likeness (QED) is 0.212. The molecule has 423 valence electrons. The van der Waals surface area contributed by atoms with E-state index in [2.05, 4.69) is 96.9 Å². The Morgan fingerprint density at radius 2 is 0.0935 bits per heavy atom. The molecule has 0 amide bonds. The van der Waals surface area contributed by atoms with Crippen LogP contribution < -0.4 is 0 Å². The largest absolute Gasteiger partial charge is 0.584 e. The predicted molar refractivity (Wildman–Crippen MR) is 142 cm³/mol. The molecule has 0 saturated heterocycles. The van der Waals surface area contributed by atoms with Gasteiger partial charge in [0.1, 0.15) is 0 Å². The van der Waals surface area contributed by atoms with E-state index in [-0.39, 0.29) is 2690 Å². The Kier molecular flexibility index (Phi) is 4800. The van der Waals surface area contributed by atoms with Gasteiger partial charge in [0.15, 0.2) is 0 Å². The monoisotopic (exact) mass is 7580 g/mol. The van der Waals surface area contributed by atoms with Crippen LogP contribution in [0.5, 0.6) is 0 Å². The molecule has 0 aliphatic rings. The summed E-state index contributed by atoms with van der Waals surface area (Å²) in [7, 11) is 0. The van der Waals surface area contributed by atoms with Crippen molar-refractivity contribution in [3.8, 4) is 0 Å². The van der Waals surface area contributed by atoms with Crippen molar-refractivity contribution in [3.05, 3.63) is 72.3 Å². The minimum atomic E-state index is -0.500. The van der Waals surface area contributed by atoms with Crippen LogP contribution >= 0.6 is 0 Å². The molecule has 107 heavy (non-hydrogen) atoms. The van der Waals surface area contributed by atoms with Crippen molar-refractivity contribution < 1.29 is 2650 Å². The average Bonchev–Trinajstić information content (AvgIpc) is 2.19. The second kappa shape index (κ2) is 733. The molecule has 0 atom stereocenters. The number of hydrogen-bond donors (Lipinski definition) is 0. The first-order valence-electron chi connectivity index (χ1n) is 8.49. The fourth-order valence-corrected chi connectivity index (χ4v) is 0. The van der Waals surface area contributed by atoms with Crippen molar-refractivity contribution in [1.82, 2.24) is 0 Å². The van der Waals surface area contributed by atoms with E-state index in [1.54, 1.807) is 0 Å². The molecule has 0 aromatic rings. The van der Waals surface area contributed by atoms with Crippen molar-refractivity contribution in [1.29, 1.82) is 0 Å². The van der Waals surface area contributed by atoms with E-state index in [0.717, 1.165) is 0 Å². The van der Waals surface area contributed by atoms with Crippen LogP contribution in [0.2, 0.25) is 0 Å². The van der Waals surface area contributed by atoms with Gasteiger partial charge in [-0.25, -0.2) is 0 Å². The Hall–Kier alpha value is 89.4. The van der Waals surface area contributed by atoms with Crippen molar-refractivity contribution in [3.63, 3.8) is 0 Å². The van der Waals surface area contributed by atoms with Crippen LogP contribution in [0.25, 0.3) is 0 Å². The molecule has 81 radical (unpaired) electrons. The van der Waals surface area contributed by atoms with Gasteiger partial charge in [0, 0.05) is 2650 Å². The molecular weight excluding hydrogens is 7510 g/mol. The van der Waals surface area contributed by atoms with E-state index in [1.165, 1.54) is 32.1 Å². The molecule has 0 fully saturated rings. The zero-order valence-electron chi connectivity index (χ0n) is 69.6. The summed E-state index contributed by atoms with van der Waals surface area (Å²) >= 11 is 0. The summed E-state index contributed by atoms with van der Waals surface area (Å²) in [6, 6.07) is 0. The van der Waals surface area contributed by atoms with Crippen LogP contribution in [0.3, 0.4) is 0 Å². The molecule has 0 aliphatic heterocycles. The Morgan fingerprint density at radius 3 is 0.0935 bits per heavy atom. The second-order valence-electron chi connectivity index (χ2n) is 5.04. The molecular formula is C26H66Y81-10. The van der Waals surface area contributed by atoms with Gasteiger partial charge < -0.3 is 77.7 Å². The van der Waals surface area contributed by atoms with E-state index in [0.29, 0.717) is 0 Å². The fraction of sp³-hybridized carbons (Fsp3) is 0.615. The molecule has 0 aliphatic carbocycles. The summed E-state index contributed by atoms with van der Waals surface area (Å²) in [4.78, 5) is 0. The van der Waals surface area contributed by atoms with Crippen molar-refractivity contribution in [2.45, 2.75) is 101 Å². The third-order valence-corrected chi connectivity index (χ3v) is 0. The first-order chi connectivity index (χ1) is 9.07. The molecule has 81 heteroatoms. The minimum Gasteiger partial charge on any atom is -0.584 e. The Labute approximate surface area is 2720 Å². The number of hydrogen-bond acceptors (Lipinski definition) is 0. The molecule has 0 aromatic heterocycles. The zero-order valence-corrected chi connectivity index (χ0v) is 300. The molecule has 0 aromatic carbocycles. The molecule has 0 rings (SSSR count). The maximum Gasteiger partial charge on any atom is 0 e. The molecule has 0 heterocycles. The Morgan fingerprint density at radius 1 is 0.0935 bits per heavy atom. The minimum absolute atomic E-state index is 0. The first-order valence-corrected chi connectivity index (χ1v) is 8.49. The normalized spacial score (nSPS) is 1.40. The van der Waals surface area contributed by atoms with Gasteiger partial charge in [0.2, 0.25) is 0 Å². The Balaban J connectivity index is -0.000000000208. The standard InChI is InChI=1S/C5H8.5C3H8.6CH3.81Y/c1-5(2,3)4;5*1-3-2;;;;;;;;;;;;;;;;;;;;;;;;;;;;;;;;;;;;;;;;;;;;;;;;;;;;;;;;;;;;;;;;;;;;;;;;;;;;;;;;;;;;;;;/h1-4H2;5*3H2,1-2H3;6*1H3;;;;;;;;;;;;;;;;;;;;;;;;;;;;;;;;;;;;;;;;;;;;;;;;;;;;;;;;;;;;;;;;;;;;;;;;;;;;;;;;;/q-4;;;;;;6*-1;;;;;;;;;;;;;;;;;;;;;;;;;;;;;;;;;;;;;;;;;;;;;;;;;;;;;;;;;;;;;;;;;;;;;;;;;;;;;;;;;. The van der Waals surface area contributed by atoms with Crippen LogP contribution in [-0.2, 0) is 2650 Å². The van der Waals surface area contributed by atoms with Crippen LogP contribution in [0.15, 0.2) is 0 Å². The van der Waals surface area contributed by atoms with E-state index in [4.69, 9.17) is 0 Å². The van der Waals surface area contributed by atoms with Gasteiger partial charge in [-0.2, -0.15) is 0 Å². The van der Waals surface area contributed by atoms with Crippen molar-refractivity contribution in [2.75, 3.05) is 0 Å². The topological polar surface area (TPSA) is 0 Å². The van der Waals surface area contributed by atoms with Gasteiger partial charge in [-0.05, 0) is 0 Å². The zero-order chi connectivity index (χ0) is 18.0. The van der Waals surface area contributed by atoms with Gasteiger partial charge >= 0.3 is 0 Å². The van der Waals surface area contributed by atoms with Gasteiger partial charge in [0.05, 0.1) is 0 Å². The summed E-state index contributed by atoms with van der Waals surface area (Å²) in [6.07, 6.45) is 6.25. The average molecular weight is 7580 g/mol. The SMILES string of the molecule is CCC.CCC.CCC.CCC.CCC.[CH2-]C([CH2-])([CH2-])[CH2-].[CH3-].[CH3-].[CH3-].[CH3-].[CH3-].[CH3-].[Y].[Y].[Y].[Y].[Y].[Y].[Y].[Y].[Y].[Y].[Y].[Y].[Y].[Y].[Y].[Y].[Y].[Y].[Y].[Y].[Y].[Y].[Y].[Y].[Y].[Y].[Y].[Y].[Y].[Y].[Y].[Y].[Y].[Y].[Y].[Y].[Y].[Y].[Y].[Y].[Y].[Y].[Y].[Y].[Y].[Y].[Y].[Y].[Y].[Y].[Y].[Y].[Y].[Y].[Y].[Y].[Y].[Y].[Y].[Y].[Y].[Y].[Y].[Y].[Y].[Y].[Y].[Y].[Y].[Y].[Y].[Y].[Y].[Y].[Y].[Y].[Y].[Y].[Y].[Y].[Y]. The van der Waals surface area contributed by atoms with E-state index >= 15 is 0 Å². The molecule has 0 spiro atoms. The first kappa shape index (κ1) is 701. The fourth-order valence-electron chi connectivity index (χ4n) is 0. The molecule has 0 nitrogen and oxygen atoms in total. The predicted octanol–water partition coefficient (Wildman–Crippen LogP) is 10.9. The van der Waals surface area contributed by atoms with E-state index in [9.17, 15) is 0 Å². The van der Waals surface area contributed by atoms with Crippen molar-refractivity contribution >= 4 is 0 Å². The molecule has 0 unspecified atom stereocenters. The molecule has 0 bridgehead atoms. The van der Waals surface area contributed by atoms with Crippen LogP contribution in [0.4, 0.5) is 0 Å². The van der Waals surface area contributed by atoms with Gasteiger partial charge in [0.25, 0.3) is 0 Å². The molecule has 0 saturated carbocycles. The van der Waals surface area contributed by atoms with Crippen molar-refractivity contribution in [2.24, 2.45) is 5.41 Å². The summed E-state index contributed by atoms with van der Waals surface area (Å²) in [6.45, 7) is 35.0. The second-order valence-corrected chi connectivity index (χ2v) is 5.04. The van der Waals surface area contributed by atoms with Crippen LogP contribution in [0, 0.1) is 77.7 Å². The maximum absolute atomic E-state index is 3.44. The summed E-state index contributed by atoms with van der Waals surface area (Å²) < 4.78 is 0. The van der Waals surface area contributed by atoms with E-state index < -0.39 is 5.41 Å². The smallest absolute Gasteiger partial charge is 0 e. The van der Waals surface area contributed by atoms with Gasteiger partial charge in [-0.1, -0.05) is 101 Å². The summed E-state index contributed by atoms with van der Waals surface area (Å²) in [5, 5.41) is 0. The van der Waals surface area contributed by atoms with Gasteiger partial charge in [-0.15, -0.1) is 0 Å². The molecule has 0 N–H and O–H groups in total. The summed E-state index contributed by atoms with van der Waals surface area (Å²) in [5.41, 5.74) is -0.500. The van der Waals surface area contributed by atoms with Crippen LogP contribution in [0.1, 0.15) is 101 Å². The third kappa shape index (κ3) is 914. The van der Waals surface area contributed by atoms with Gasteiger partial charge in [-0.3, -0.25) is 0 Å². The summed E-state index contributed by atoms with van der Waals surface area (Å²) in [5.74, 6) is 0. The third-order valence-electron chi connectivity index (χ3n) is 0. The van der Waals surface area contributed by atoms with Crippen LogP contribution in [-0.4, -0.2) is 0 Å². The number of rotatable bonds is 0. The van der Waals surface area contributed by atoms with E-state index in [1.807, 2.05) is 0 Å². The maximum atomic E-state index is 3.44.